The van der Waals surface area contributed by atoms with Gasteiger partial charge in [0.25, 0.3) is 0 Å². The molecule has 1 aromatic rings. The van der Waals surface area contributed by atoms with Gasteiger partial charge >= 0.3 is 5.97 Å². The smallest absolute Gasteiger partial charge is 0.303 e. The van der Waals surface area contributed by atoms with E-state index in [2.05, 4.69) is 40.8 Å². The molecule has 0 saturated heterocycles. The van der Waals surface area contributed by atoms with Crippen LogP contribution in [-0.2, 0) is 16.0 Å². The lowest BCUT2D eigenvalue weighted by Gasteiger charge is -2.15. The first kappa shape index (κ1) is 24.9. The zero-order valence-corrected chi connectivity index (χ0v) is 19.7. The molecule has 2 N–H and O–H groups in total. The van der Waals surface area contributed by atoms with Crippen molar-refractivity contribution in [3.8, 4) is 11.8 Å². The number of aryl methyl sites for hydroxylation is 2. The Kier molecular flexibility index (Phi) is 10.4. The van der Waals surface area contributed by atoms with Crippen molar-refractivity contribution in [2.75, 3.05) is 0 Å². The van der Waals surface area contributed by atoms with E-state index in [-0.39, 0.29) is 24.0 Å². The summed E-state index contributed by atoms with van der Waals surface area (Å²) in [6.07, 6.45) is 5.79. The number of halogens is 1. The van der Waals surface area contributed by atoms with Crippen LogP contribution in [0.25, 0.3) is 0 Å². The van der Waals surface area contributed by atoms with E-state index in [1.807, 2.05) is 6.08 Å². The average Bonchev–Trinajstić information content (AvgIpc) is 3.19. The molecule has 160 valence electrons. The van der Waals surface area contributed by atoms with E-state index in [1.165, 1.54) is 9.75 Å². The molecule has 30 heavy (non-hydrogen) atoms. The third kappa shape index (κ3) is 7.72. The van der Waals surface area contributed by atoms with Crippen molar-refractivity contribution in [3.63, 3.8) is 0 Å². The van der Waals surface area contributed by atoms with E-state index >= 15 is 0 Å². The number of rotatable bonds is 10. The summed E-state index contributed by atoms with van der Waals surface area (Å²) in [5.74, 6) is 5.42. The van der Waals surface area contributed by atoms with E-state index in [4.69, 9.17) is 13.0 Å². The first-order valence-corrected chi connectivity index (χ1v) is 11.9. The Balaban J connectivity index is 1.91. The highest BCUT2D eigenvalue weighted by molar-refractivity contribution is 9.10. The van der Waals surface area contributed by atoms with Crippen LogP contribution < -0.4 is 0 Å². The topological polar surface area (TPSA) is 74.6 Å². The minimum atomic E-state index is -0.814. The number of hydrogen-bond donors (Lipinski definition) is 2. The number of carbonyl (C=O) groups is 2. The molecule has 1 fully saturated rings. The van der Waals surface area contributed by atoms with Crippen LogP contribution in [0, 0.1) is 30.6 Å². The lowest BCUT2D eigenvalue weighted by atomic mass is 9.84. The fourth-order valence-corrected chi connectivity index (χ4v) is 5.36. The SMILES string of the molecule is [B]C[C@@H]1CC(O)[C@H](CC#CCCCC(=O)O)C1=CCC(=O)CCc1cc(Br)c(C)s1. The van der Waals surface area contributed by atoms with E-state index in [9.17, 15) is 14.7 Å². The van der Waals surface area contributed by atoms with Crippen molar-refractivity contribution in [2.45, 2.75) is 70.7 Å². The van der Waals surface area contributed by atoms with Gasteiger partial charge in [-0.15, -0.1) is 23.2 Å². The summed E-state index contributed by atoms with van der Waals surface area (Å²) in [5, 5.41) is 19.1. The van der Waals surface area contributed by atoms with Gasteiger partial charge in [-0.2, -0.15) is 0 Å². The summed E-state index contributed by atoms with van der Waals surface area (Å²) in [6.45, 7) is 2.05. The molecule has 0 aliphatic heterocycles. The molecule has 0 aromatic carbocycles. The van der Waals surface area contributed by atoms with Crippen LogP contribution in [0.3, 0.4) is 0 Å². The second-order valence-corrected chi connectivity index (χ2v) is 9.91. The molecule has 0 amide bonds. The lowest BCUT2D eigenvalue weighted by molar-refractivity contribution is -0.137. The third-order valence-corrected chi connectivity index (χ3v) is 7.63. The fourth-order valence-electron chi connectivity index (χ4n) is 3.76. The predicted molar refractivity (Wildman–Crippen MR) is 125 cm³/mol. The van der Waals surface area contributed by atoms with E-state index < -0.39 is 12.1 Å². The van der Waals surface area contributed by atoms with Gasteiger partial charge in [0, 0.05) is 52.2 Å². The molecule has 1 heterocycles. The standard InChI is InChI=1S/C23H28BBrO4S/c1-15-21(25)13-18(30-15)10-8-17(26)9-11-19-16(14-24)12-22(27)20(19)6-4-2-3-5-7-23(28)29/h11,13,16,20,22,27H,3,5-10,12,14H2,1H3,(H,28,29)/t16-,20+,22?/m0/s1. The van der Waals surface area contributed by atoms with Crippen LogP contribution in [0.4, 0.5) is 0 Å². The van der Waals surface area contributed by atoms with Crippen molar-refractivity contribution in [1.82, 2.24) is 0 Å². The Morgan fingerprint density at radius 2 is 2.13 bits per heavy atom. The van der Waals surface area contributed by atoms with Crippen molar-refractivity contribution >= 4 is 46.9 Å². The molecule has 1 aromatic heterocycles. The van der Waals surface area contributed by atoms with Gasteiger partial charge < -0.3 is 10.2 Å². The summed E-state index contributed by atoms with van der Waals surface area (Å²) in [6, 6.07) is 2.08. The predicted octanol–water partition coefficient (Wildman–Crippen LogP) is 4.87. The third-order valence-electron chi connectivity index (χ3n) is 5.44. The van der Waals surface area contributed by atoms with Crippen LogP contribution in [0.2, 0.25) is 6.32 Å². The van der Waals surface area contributed by atoms with Gasteiger partial charge in [-0.1, -0.05) is 18.0 Å². The summed E-state index contributed by atoms with van der Waals surface area (Å²) in [7, 11) is 5.90. The number of Topliss-reactive ketones (excluding diaryl/α,β-unsaturated/α-hetero) is 1. The number of aliphatic carboxylic acids is 1. The summed E-state index contributed by atoms with van der Waals surface area (Å²) >= 11 is 5.22. The normalized spacial score (nSPS) is 22.1. The van der Waals surface area contributed by atoms with Gasteiger partial charge in [-0.25, -0.2) is 0 Å². The summed E-state index contributed by atoms with van der Waals surface area (Å²) in [5.41, 5.74) is 1.05. The highest BCUT2D eigenvalue weighted by atomic mass is 79.9. The molecule has 1 aliphatic rings. The Bertz CT molecular complexity index is 816. The fraction of sp³-hybridized carbons (Fsp3) is 0.565. The Morgan fingerprint density at radius 3 is 2.77 bits per heavy atom. The lowest BCUT2D eigenvalue weighted by Crippen LogP contribution is -2.14. The highest BCUT2D eigenvalue weighted by Crippen LogP contribution is 2.40. The second kappa shape index (κ2) is 12.5. The van der Waals surface area contributed by atoms with Crippen molar-refractivity contribution < 1.29 is 19.8 Å². The molecular weight excluding hydrogens is 463 g/mol. The number of aliphatic hydroxyl groups is 1. The molecule has 0 bridgehead atoms. The summed E-state index contributed by atoms with van der Waals surface area (Å²) < 4.78 is 1.09. The van der Waals surface area contributed by atoms with Crippen LogP contribution in [-0.4, -0.2) is 35.9 Å². The van der Waals surface area contributed by atoms with E-state index in [0.29, 0.717) is 44.8 Å². The molecule has 1 unspecified atom stereocenters. The first-order chi connectivity index (χ1) is 14.3. The van der Waals surface area contributed by atoms with Crippen molar-refractivity contribution in [3.05, 3.63) is 31.9 Å². The van der Waals surface area contributed by atoms with E-state index in [1.54, 1.807) is 11.3 Å². The largest absolute Gasteiger partial charge is 0.481 e. The van der Waals surface area contributed by atoms with Gasteiger partial charge in [-0.05, 0) is 54.1 Å². The van der Waals surface area contributed by atoms with Crippen LogP contribution in [0.1, 0.15) is 54.7 Å². The zero-order chi connectivity index (χ0) is 22.1. The van der Waals surface area contributed by atoms with Crippen LogP contribution in [0.5, 0.6) is 0 Å². The van der Waals surface area contributed by atoms with E-state index in [0.717, 1.165) is 16.5 Å². The van der Waals surface area contributed by atoms with Crippen molar-refractivity contribution in [2.24, 2.45) is 11.8 Å². The number of carbonyl (C=O) groups excluding carboxylic acids is 1. The molecule has 4 nitrogen and oxygen atoms in total. The molecule has 2 rings (SSSR count). The van der Waals surface area contributed by atoms with Crippen LogP contribution in [0.15, 0.2) is 22.2 Å². The van der Waals surface area contributed by atoms with Gasteiger partial charge in [0.15, 0.2) is 0 Å². The monoisotopic (exact) mass is 490 g/mol. The molecule has 1 aliphatic carbocycles. The molecular formula is C23H28BBrO4S. The molecule has 0 spiro atoms. The Morgan fingerprint density at radius 1 is 1.37 bits per heavy atom. The quantitative estimate of drug-likeness (QED) is 0.212. The maximum absolute atomic E-state index is 12.4. The summed E-state index contributed by atoms with van der Waals surface area (Å²) in [4.78, 5) is 25.4. The van der Waals surface area contributed by atoms with Gasteiger partial charge in [-0.3, -0.25) is 9.59 Å². The first-order valence-electron chi connectivity index (χ1n) is 10.3. The minimum absolute atomic E-state index is 0.0857. The number of aliphatic hydroxyl groups excluding tert-OH is 1. The number of unbranched alkanes of at least 4 members (excludes halogenated alkanes) is 1. The van der Waals surface area contributed by atoms with Crippen LogP contribution >= 0.6 is 27.3 Å². The average molecular weight is 491 g/mol. The van der Waals surface area contributed by atoms with Gasteiger partial charge in [0.1, 0.15) is 5.78 Å². The molecule has 3 atom stereocenters. The van der Waals surface area contributed by atoms with Gasteiger partial charge in [0.05, 0.1) is 14.0 Å². The number of allylic oxidation sites excluding steroid dienone is 1. The number of ketones is 1. The Labute approximate surface area is 192 Å². The number of carboxylic acid groups (broad SMARTS) is 1. The van der Waals surface area contributed by atoms with Crippen molar-refractivity contribution in [1.29, 1.82) is 0 Å². The highest BCUT2D eigenvalue weighted by Gasteiger charge is 2.35. The molecule has 1 saturated carbocycles. The number of hydrogen-bond acceptors (Lipinski definition) is 4. The Hall–Kier alpha value is -1.36. The second-order valence-electron chi connectivity index (χ2n) is 7.71. The maximum atomic E-state index is 12.4. The molecule has 7 heteroatoms. The zero-order valence-electron chi connectivity index (χ0n) is 17.3. The molecule has 2 radical (unpaired) electrons. The maximum Gasteiger partial charge on any atom is 0.303 e. The van der Waals surface area contributed by atoms with Gasteiger partial charge in [0.2, 0.25) is 0 Å². The number of carboxylic acids is 1. The minimum Gasteiger partial charge on any atom is -0.481 e. The number of thiophene rings is 1.